The van der Waals surface area contributed by atoms with Gasteiger partial charge in [0.15, 0.2) is 0 Å². The second-order valence-corrected chi connectivity index (χ2v) is 7.63. The van der Waals surface area contributed by atoms with E-state index in [1.54, 1.807) is 0 Å². The van der Waals surface area contributed by atoms with Crippen molar-refractivity contribution in [3.05, 3.63) is 24.3 Å². The number of halogens is 3. The quantitative estimate of drug-likeness (QED) is 0.640. The summed E-state index contributed by atoms with van der Waals surface area (Å²) in [7, 11) is -4.02. The summed E-state index contributed by atoms with van der Waals surface area (Å²) in [4.78, 5) is 11.5. The van der Waals surface area contributed by atoms with Crippen molar-refractivity contribution in [2.75, 3.05) is 26.2 Å². The van der Waals surface area contributed by atoms with Crippen LogP contribution in [0.25, 0.3) is 0 Å². The molecule has 0 saturated carbocycles. The van der Waals surface area contributed by atoms with E-state index in [2.05, 4.69) is 20.1 Å². The Morgan fingerprint density at radius 2 is 1.96 bits per heavy atom. The number of nitrogens with one attached hydrogen (secondary N) is 3. The molecule has 0 bridgehead atoms. The zero-order valence-corrected chi connectivity index (χ0v) is 14.6. The molecule has 0 radical (unpaired) electrons. The maximum Gasteiger partial charge on any atom is 0.573 e. The van der Waals surface area contributed by atoms with Crippen LogP contribution in [0.2, 0.25) is 0 Å². The van der Waals surface area contributed by atoms with Gasteiger partial charge in [-0.25, -0.2) is 13.1 Å². The number of rotatable bonds is 7. The molecule has 2 rings (SSSR count). The zero-order chi connectivity index (χ0) is 19.2. The SMILES string of the molecule is O=C(CNS(=O)(=O)c1ccc(OC(F)(F)F)cc1)NCC1CCCNC1. The molecule has 0 aromatic heterocycles. The van der Waals surface area contributed by atoms with Crippen molar-refractivity contribution < 1.29 is 31.1 Å². The number of ether oxygens (including phenoxy) is 1. The third-order valence-electron chi connectivity index (χ3n) is 3.78. The molecule has 1 heterocycles. The second-order valence-electron chi connectivity index (χ2n) is 5.86. The highest BCUT2D eigenvalue weighted by Crippen LogP contribution is 2.23. The highest BCUT2D eigenvalue weighted by Gasteiger charge is 2.31. The lowest BCUT2D eigenvalue weighted by Crippen LogP contribution is -2.42. The van der Waals surface area contributed by atoms with E-state index in [0.29, 0.717) is 12.5 Å². The van der Waals surface area contributed by atoms with Gasteiger partial charge in [-0.05, 0) is 56.1 Å². The summed E-state index contributed by atoms with van der Waals surface area (Å²) >= 11 is 0. The van der Waals surface area contributed by atoms with Crippen LogP contribution < -0.4 is 20.1 Å². The molecule has 146 valence electrons. The Morgan fingerprint density at radius 3 is 2.54 bits per heavy atom. The van der Waals surface area contributed by atoms with Gasteiger partial charge in [-0.2, -0.15) is 0 Å². The number of amides is 1. The van der Waals surface area contributed by atoms with Gasteiger partial charge in [0.2, 0.25) is 15.9 Å². The molecule has 1 unspecified atom stereocenters. The Bertz CT molecular complexity index is 702. The highest BCUT2D eigenvalue weighted by molar-refractivity contribution is 7.89. The molecular formula is C15H20F3N3O4S. The van der Waals surface area contributed by atoms with E-state index in [9.17, 15) is 26.4 Å². The molecule has 1 aromatic carbocycles. The lowest BCUT2D eigenvalue weighted by atomic mass is 10.00. The molecule has 1 aromatic rings. The van der Waals surface area contributed by atoms with Gasteiger partial charge in [-0.1, -0.05) is 0 Å². The van der Waals surface area contributed by atoms with Crippen molar-refractivity contribution in [3.63, 3.8) is 0 Å². The van der Waals surface area contributed by atoms with Crippen LogP contribution in [0.1, 0.15) is 12.8 Å². The Hall–Kier alpha value is -1.85. The van der Waals surface area contributed by atoms with Crippen molar-refractivity contribution in [1.29, 1.82) is 0 Å². The van der Waals surface area contributed by atoms with Gasteiger partial charge in [0.05, 0.1) is 11.4 Å². The summed E-state index contributed by atoms with van der Waals surface area (Å²) in [5.74, 6) is -0.697. The average Bonchev–Trinajstić information content (AvgIpc) is 2.58. The first-order chi connectivity index (χ1) is 12.2. The Balaban J connectivity index is 1.82. The summed E-state index contributed by atoms with van der Waals surface area (Å²) in [6.07, 6.45) is -2.84. The Labute approximate surface area is 149 Å². The van der Waals surface area contributed by atoms with Crippen LogP contribution >= 0.6 is 0 Å². The van der Waals surface area contributed by atoms with E-state index in [-0.39, 0.29) is 4.90 Å². The summed E-state index contributed by atoms with van der Waals surface area (Å²) in [6, 6.07) is 3.71. The number of hydrogen-bond donors (Lipinski definition) is 3. The molecule has 1 saturated heterocycles. The van der Waals surface area contributed by atoms with E-state index >= 15 is 0 Å². The lowest BCUT2D eigenvalue weighted by molar-refractivity contribution is -0.274. The summed E-state index contributed by atoms with van der Waals surface area (Å²) in [5.41, 5.74) is 0. The van der Waals surface area contributed by atoms with Gasteiger partial charge in [0.25, 0.3) is 0 Å². The third-order valence-corrected chi connectivity index (χ3v) is 5.19. The van der Waals surface area contributed by atoms with Crippen LogP contribution in [0, 0.1) is 5.92 Å². The van der Waals surface area contributed by atoms with Crippen molar-refractivity contribution in [2.24, 2.45) is 5.92 Å². The molecule has 1 atom stereocenters. The number of carbonyl (C=O) groups excluding carboxylic acids is 1. The maximum absolute atomic E-state index is 12.1. The van der Waals surface area contributed by atoms with Crippen molar-refractivity contribution in [2.45, 2.75) is 24.1 Å². The van der Waals surface area contributed by atoms with Crippen LogP contribution in [0.15, 0.2) is 29.2 Å². The summed E-state index contributed by atoms with van der Waals surface area (Å²) in [5, 5.41) is 5.87. The van der Waals surface area contributed by atoms with Crippen molar-refractivity contribution in [1.82, 2.24) is 15.4 Å². The largest absolute Gasteiger partial charge is 0.573 e. The predicted molar refractivity (Wildman–Crippen MR) is 86.9 cm³/mol. The maximum atomic E-state index is 12.1. The normalized spacial score (nSPS) is 18.3. The third kappa shape index (κ3) is 6.81. The number of alkyl halides is 3. The van der Waals surface area contributed by atoms with Gasteiger partial charge >= 0.3 is 6.36 Å². The first-order valence-electron chi connectivity index (χ1n) is 7.98. The second kappa shape index (κ2) is 8.69. The highest BCUT2D eigenvalue weighted by atomic mass is 32.2. The van der Waals surface area contributed by atoms with Gasteiger partial charge in [-0.15, -0.1) is 13.2 Å². The van der Waals surface area contributed by atoms with E-state index in [0.717, 1.165) is 50.2 Å². The van der Waals surface area contributed by atoms with Crippen molar-refractivity contribution in [3.8, 4) is 5.75 Å². The van der Waals surface area contributed by atoms with Crippen LogP contribution in [0.3, 0.4) is 0 Å². The molecular weight excluding hydrogens is 375 g/mol. The van der Waals surface area contributed by atoms with Crippen LogP contribution in [0.5, 0.6) is 5.75 Å². The molecule has 1 amide bonds. The topological polar surface area (TPSA) is 96.5 Å². The van der Waals surface area contributed by atoms with Gasteiger partial charge in [0, 0.05) is 6.54 Å². The average molecular weight is 395 g/mol. The van der Waals surface area contributed by atoms with Crippen LogP contribution in [0.4, 0.5) is 13.2 Å². The number of piperidine rings is 1. The predicted octanol–water partition coefficient (Wildman–Crippen LogP) is 0.979. The van der Waals surface area contributed by atoms with Gasteiger partial charge in [0.1, 0.15) is 5.75 Å². The standard InChI is InChI=1S/C15H20F3N3O4S/c16-15(17,18)25-12-3-5-13(6-4-12)26(23,24)21-10-14(22)20-9-11-2-1-7-19-8-11/h3-6,11,19,21H,1-2,7-10H2,(H,20,22). The molecule has 7 nitrogen and oxygen atoms in total. The fourth-order valence-corrected chi connectivity index (χ4v) is 3.47. The fourth-order valence-electron chi connectivity index (χ4n) is 2.48. The molecule has 0 aliphatic carbocycles. The lowest BCUT2D eigenvalue weighted by Gasteiger charge is -2.22. The first kappa shape index (κ1) is 20.5. The minimum absolute atomic E-state index is 0.267. The molecule has 1 fully saturated rings. The van der Waals surface area contributed by atoms with Gasteiger partial charge < -0.3 is 15.4 Å². The number of hydrogen-bond acceptors (Lipinski definition) is 5. The van der Waals surface area contributed by atoms with Crippen LogP contribution in [-0.4, -0.2) is 46.9 Å². The molecule has 1 aliphatic heterocycles. The van der Waals surface area contributed by atoms with Gasteiger partial charge in [-0.3, -0.25) is 4.79 Å². The summed E-state index contributed by atoms with van der Waals surface area (Å²) in [6.45, 7) is 1.76. The Morgan fingerprint density at radius 1 is 1.27 bits per heavy atom. The summed E-state index contributed by atoms with van der Waals surface area (Å²) < 4.78 is 66.2. The van der Waals surface area contributed by atoms with Crippen LogP contribution in [-0.2, 0) is 14.8 Å². The minimum atomic E-state index is -4.86. The number of sulfonamides is 1. The molecule has 0 spiro atoms. The Kier molecular flexibility index (Phi) is 6.84. The molecule has 3 N–H and O–H groups in total. The van der Waals surface area contributed by atoms with E-state index in [4.69, 9.17) is 0 Å². The number of benzene rings is 1. The minimum Gasteiger partial charge on any atom is -0.406 e. The molecule has 26 heavy (non-hydrogen) atoms. The van der Waals surface area contributed by atoms with E-state index in [1.807, 2.05) is 0 Å². The molecule has 1 aliphatic rings. The monoisotopic (exact) mass is 395 g/mol. The van der Waals surface area contributed by atoms with Crippen molar-refractivity contribution >= 4 is 15.9 Å². The van der Waals surface area contributed by atoms with E-state index in [1.165, 1.54) is 0 Å². The smallest absolute Gasteiger partial charge is 0.406 e. The first-order valence-corrected chi connectivity index (χ1v) is 9.47. The molecule has 11 heteroatoms. The zero-order valence-electron chi connectivity index (χ0n) is 13.8. The van der Waals surface area contributed by atoms with E-state index < -0.39 is 34.6 Å². The fraction of sp³-hybridized carbons (Fsp3) is 0.533. The number of carbonyl (C=O) groups is 1.